The molecule has 0 aliphatic carbocycles. The number of anilines is 1. The Hall–Kier alpha value is -6.60. The highest BCUT2D eigenvalue weighted by atomic mass is 16.6. The largest absolute Gasteiger partial charge is 0.382 e. The van der Waals surface area contributed by atoms with Gasteiger partial charge in [-0.3, -0.25) is 48.3 Å². The maximum atomic E-state index is 14.6. The molecule has 0 bridgehead atoms. The highest BCUT2D eigenvalue weighted by molar-refractivity contribution is 5.92. The van der Waals surface area contributed by atoms with Crippen molar-refractivity contribution < 1.29 is 71.5 Å². The fourth-order valence-electron chi connectivity index (χ4n) is 11.4. The highest BCUT2D eigenvalue weighted by Crippen LogP contribution is 2.22. The molecule has 29 nitrogen and oxygen atoms in total. The minimum atomic E-state index is -0.943. The van der Waals surface area contributed by atoms with E-state index in [0.29, 0.717) is 188 Å². The van der Waals surface area contributed by atoms with Crippen molar-refractivity contribution in [2.45, 2.75) is 206 Å². The summed E-state index contributed by atoms with van der Waals surface area (Å²) in [7, 11) is 3.09. The molecule has 1 aromatic carbocycles. The summed E-state index contributed by atoms with van der Waals surface area (Å²) in [6, 6.07) is 2.51. The van der Waals surface area contributed by atoms with Crippen molar-refractivity contribution in [3.63, 3.8) is 0 Å². The molecule has 2 aromatic rings. The van der Waals surface area contributed by atoms with Gasteiger partial charge in [-0.2, -0.15) is 0 Å². The number of rotatable bonds is 64. The molecule has 0 spiro atoms. The molecule has 10 N–H and O–H groups in total. The Morgan fingerprint density at radius 1 is 0.529 bits per heavy atom. The number of methoxy groups -OCH3 is 1. The predicted molar refractivity (Wildman–Crippen MR) is 394 cm³/mol. The number of aromatic nitrogens is 2. The quantitative estimate of drug-likeness (QED) is 0.0235. The maximum Gasteiger partial charge on any atom is 0.261 e. The van der Waals surface area contributed by atoms with E-state index in [2.05, 4.69) is 49.1 Å². The van der Waals surface area contributed by atoms with Gasteiger partial charge in [0.2, 0.25) is 41.4 Å². The number of unbranched alkanes of at least 4 members (excludes halogenated alkanes) is 15. The second kappa shape index (κ2) is 58.7. The summed E-state index contributed by atoms with van der Waals surface area (Å²) in [4.78, 5) is 116. The van der Waals surface area contributed by atoms with E-state index in [1.807, 2.05) is 24.8 Å². The van der Waals surface area contributed by atoms with E-state index in [1.54, 1.807) is 24.1 Å². The summed E-state index contributed by atoms with van der Waals surface area (Å²) in [5.74, 6) is -2.60. The van der Waals surface area contributed by atoms with Gasteiger partial charge in [-0.15, -0.1) is 0 Å². The highest BCUT2D eigenvalue weighted by Gasteiger charge is 2.33. The van der Waals surface area contributed by atoms with Gasteiger partial charge >= 0.3 is 0 Å². The average molecular weight is 1440 g/mol. The molecule has 1 aliphatic heterocycles. The lowest BCUT2D eigenvalue weighted by Crippen LogP contribution is -2.58. The summed E-state index contributed by atoms with van der Waals surface area (Å²) in [5, 5.41) is 27.5. The zero-order valence-electron chi connectivity index (χ0n) is 62.5. The summed E-state index contributed by atoms with van der Waals surface area (Å²) in [5.41, 5.74) is 6.04. The number of nitrogens with two attached hydrogens (primary N) is 1. The molecule has 29 heteroatoms. The van der Waals surface area contributed by atoms with Crippen LogP contribution in [0.4, 0.5) is 5.69 Å². The van der Waals surface area contributed by atoms with Crippen LogP contribution in [0.3, 0.4) is 0 Å². The van der Waals surface area contributed by atoms with Gasteiger partial charge in [-0.05, 0) is 75.5 Å². The van der Waals surface area contributed by atoms with Gasteiger partial charge in [-0.25, -0.2) is 4.98 Å². The van der Waals surface area contributed by atoms with Crippen LogP contribution in [-0.4, -0.2) is 239 Å². The number of piperazine rings is 1. The van der Waals surface area contributed by atoms with Gasteiger partial charge in [0.15, 0.2) is 5.96 Å². The molecule has 1 aliphatic rings. The molecule has 582 valence electrons. The molecule has 1 fully saturated rings. The van der Waals surface area contributed by atoms with Crippen molar-refractivity contribution in [1.82, 2.24) is 51.7 Å². The number of nitrogens with zero attached hydrogens (tertiary/aromatic N) is 4. The van der Waals surface area contributed by atoms with Crippen LogP contribution in [0.5, 0.6) is 0 Å². The SMILES string of the molecule is CCCCCCCCCCCCCCCC(=O)NCCCCCC(=O)NCCCC[C@H](NC(=O)[C@@H](NC(=O)CCOCCOCCOCCOCCOCCOCCOCCOC)[C@@H](C)CC)C(=O)N1CCN(c2ccc3ncn(CC(=O)N[C@@H](CCCNC(=N)N)C(=O)NC)c(=O)c3c2)CC1. The van der Waals surface area contributed by atoms with E-state index in [-0.39, 0.29) is 79.9 Å². The van der Waals surface area contributed by atoms with E-state index in [0.717, 1.165) is 25.7 Å². The molecule has 7 amide bonds. The number of fused-ring (bicyclic) bond motifs is 1. The average Bonchev–Trinajstić information content (AvgIpc) is 0.792. The van der Waals surface area contributed by atoms with E-state index in [1.165, 1.54) is 88.6 Å². The zero-order chi connectivity index (χ0) is 74.1. The topological polar surface area (TPSA) is 369 Å². The van der Waals surface area contributed by atoms with Crippen LogP contribution >= 0.6 is 0 Å². The third-order valence-corrected chi connectivity index (χ3v) is 17.7. The molecule has 1 aromatic heterocycles. The monoisotopic (exact) mass is 1440 g/mol. The molecule has 2 heterocycles. The number of carbonyl (C=O) groups excluding carboxylic acids is 7. The summed E-state index contributed by atoms with van der Waals surface area (Å²) >= 11 is 0. The van der Waals surface area contributed by atoms with Crippen molar-refractivity contribution in [1.29, 1.82) is 5.41 Å². The zero-order valence-corrected chi connectivity index (χ0v) is 62.5. The van der Waals surface area contributed by atoms with Gasteiger partial charge in [0, 0.05) is 84.9 Å². The van der Waals surface area contributed by atoms with Crippen LogP contribution in [0.25, 0.3) is 10.9 Å². The summed E-state index contributed by atoms with van der Waals surface area (Å²) in [6.07, 6.45) is 23.5. The number of benzene rings is 1. The third kappa shape index (κ3) is 42.2. The Labute approximate surface area is 606 Å². The number of hydrogen-bond donors (Lipinski definition) is 9. The number of amides is 7. The predicted octanol–water partition coefficient (Wildman–Crippen LogP) is 5.15. The minimum Gasteiger partial charge on any atom is -0.382 e. The van der Waals surface area contributed by atoms with E-state index >= 15 is 0 Å². The van der Waals surface area contributed by atoms with Crippen LogP contribution in [0.1, 0.15) is 181 Å². The van der Waals surface area contributed by atoms with Crippen molar-refractivity contribution >= 4 is 63.9 Å². The Kier molecular flexibility index (Phi) is 51.6. The van der Waals surface area contributed by atoms with Gasteiger partial charge in [0.25, 0.3) is 5.56 Å². The van der Waals surface area contributed by atoms with E-state index < -0.39 is 41.4 Å². The minimum absolute atomic E-state index is 0.00491. The van der Waals surface area contributed by atoms with Crippen LogP contribution < -0.4 is 53.4 Å². The number of nitrogens with one attached hydrogen (secondary N) is 8. The van der Waals surface area contributed by atoms with Crippen LogP contribution in [0.2, 0.25) is 0 Å². The number of likely N-dealkylation sites (N-methyl/N-ethyl adjacent to an activating group) is 1. The Morgan fingerprint density at radius 3 is 1.52 bits per heavy atom. The Balaban J connectivity index is 1.49. The number of hydrogen-bond acceptors (Lipinski definition) is 19. The number of carbonyl (C=O) groups is 7. The van der Waals surface area contributed by atoms with Crippen molar-refractivity contribution in [2.24, 2.45) is 11.7 Å². The normalized spacial score (nSPS) is 13.5. The summed E-state index contributed by atoms with van der Waals surface area (Å²) < 4.78 is 44.8. The van der Waals surface area contributed by atoms with Gasteiger partial charge in [0.05, 0.1) is 116 Å². The molecule has 0 radical (unpaired) electrons. The number of guanidine groups is 1. The molecular weight excluding hydrogens is 1310 g/mol. The standard InChI is InChI=1S/C73H129N13O16/c1-6-8-9-10-11-12-13-14-15-16-17-18-20-28-64(87)77-33-23-19-21-29-65(88)78-34-24-22-26-63(82-70(92)68(58(3)7-2)83-66(89)32-40-96-43-44-98-47-48-100-51-52-102-54-53-101-50-49-99-46-45-97-42-41-95-5)72(94)85-38-36-84(37-39-85)59-30-31-61-60(55-59)71(93)86(57-80-61)56-67(90)81-62(69(91)76-4)27-25-35-79-73(74)75/h30-31,55,57-58,62-63,68H,6-29,32-54,56H2,1-5H3,(H,76,91)(H,77,87)(H,78,88)(H,81,90)(H,82,92)(H,83,89)(H4,74,75,79)/t58-,62-,63-,68-/m0/s1. The van der Waals surface area contributed by atoms with Crippen molar-refractivity contribution in [3.05, 3.63) is 34.9 Å². The van der Waals surface area contributed by atoms with E-state index in [4.69, 9.17) is 49.0 Å². The first-order chi connectivity index (χ1) is 49.6. The smallest absolute Gasteiger partial charge is 0.261 e. The second-order valence-corrected chi connectivity index (χ2v) is 25.9. The molecular formula is C73H129N13O16. The first-order valence-electron chi connectivity index (χ1n) is 37.9. The van der Waals surface area contributed by atoms with Gasteiger partial charge in [-0.1, -0.05) is 111 Å². The Bertz CT molecular complexity index is 2690. The third-order valence-electron chi connectivity index (χ3n) is 17.7. The fourth-order valence-corrected chi connectivity index (χ4v) is 11.4. The van der Waals surface area contributed by atoms with Crippen molar-refractivity contribution in [2.75, 3.05) is 164 Å². The maximum absolute atomic E-state index is 14.6. The first kappa shape index (κ1) is 89.6. The summed E-state index contributed by atoms with van der Waals surface area (Å²) in [6.45, 7) is 14.5. The van der Waals surface area contributed by atoms with Gasteiger partial charge < -0.3 is 90.6 Å². The Morgan fingerprint density at radius 2 is 1.01 bits per heavy atom. The van der Waals surface area contributed by atoms with Gasteiger partial charge in [0.1, 0.15) is 24.7 Å². The fraction of sp³-hybridized carbons (Fsp3) is 0.781. The lowest BCUT2D eigenvalue weighted by Gasteiger charge is -2.38. The van der Waals surface area contributed by atoms with Crippen LogP contribution in [0.15, 0.2) is 29.3 Å². The number of ether oxygens (including phenoxy) is 8. The van der Waals surface area contributed by atoms with Crippen molar-refractivity contribution in [3.8, 4) is 0 Å². The molecule has 1 saturated heterocycles. The van der Waals surface area contributed by atoms with Crippen LogP contribution in [-0.2, 0) is 78.0 Å². The molecule has 102 heavy (non-hydrogen) atoms. The lowest BCUT2D eigenvalue weighted by atomic mass is 9.97. The molecule has 0 unspecified atom stereocenters. The lowest BCUT2D eigenvalue weighted by molar-refractivity contribution is -0.138. The van der Waals surface area contributed by atoms with Crippen LogP contribution in [0, 0.1) is 11.3 Å². The first-order valence-corrected chi connectivity index (χ1v) is 37.9. The molecule has 0 saturated carbocycles. The molecule has 4 atom stereocenters. The second-order valence-electron chi connectivity index (χ2n) is 25.9. The molecule has 3 rings (SSSR count). The van der Waals surface area contributed by atoms with E-state index in [9.17, 15) is 38.4 Å².